The van der Waals surface area contributed by atoms with Crippen molar-refractivity contribution in [1.29, 1.82) is 0 Å². The van der Waals surface area contributed by atoms with Crippen molar-refractivity contribution in [2.24, 2.45) is 0 Å². The van der Waals surface area contributed by atoms with E-state index < -0.39 is 18.6 Å². The molecule has 0 aromatic carbocycles. The Morgan fingerprint density at radius 3 is 2.56 bits per heavy atom. The van der Waals surface area contributed by atoms with Gasteiger partial charge in [0, 0.05) is 13.6 Å². The molecule has 0 aliphatic carbocycles. The van der Waals surface area contributed by atoms with Gasteiger partial charge in [-0.25, -0.2) is 4.98 Å². The highest BCUT2D eigenvalue weighted by Crippen LogP contribution is 2.27. The maximum absolute atomic E-state index is 12.3. The second-order valence-electron chi connectivity index (χ2n) is 3.42. The van der Waals surface area contributed by atoms with E-state index in [0.717, 1.165) is 11.3 Å². The standard InChI is InChI=1S/C9H13F3N4OS/c1-3-16(4-9(10,11)12)7(17)5-6(13)15-8(14-2)18-5/h3-4,13H2,1-2H3,(H,14,15). The van der Waals surface area contributed by atoms with Crippen LogP contribution in [0.5, 0.6) is 0 Å². The van der Waals surface area contributed by atoms with Crippen LogP contribution in [-0.4, -0.2) is 42.1 Å². The van der Waals surface area contributed by atoms with Crippen LogP contribution in [0.2, 0.25) is 0 Å². The summed E-state index contributed by atoms with van der Waals surface area (Å²) in [6.45, 7) is 0.124. The average molecular weight is 282 g/mol. The number of carbonyl (C=O) groups is 1. The van der Waals surface area contributed by atoms with E-state index in [1.54, 1.807) is 7.05 Å². The Labute approximate surface area is 106 Å². The van der Waals surface area contributed by atoms with Crippen molar-refractivity contribution >= 4 is 28.2 Å². The van der Waals surface area contributed by atoms with Crippen molar-refractivity contribution in [2.75, 3.05) is 31.2 Å². The highest BCUT2D eigenvalue weighted by Gasteiger charge is 2.33. The van der Waals surface area contributed by atoms with Crippen LogP contribution in [0, 0.1) is 0 Å². The van der Waals surface area contributed by atoms with Gasteiger partial charge in [0.05, 0.1) is 0 Å². The predicted octanol–water partition coefficient (Wildman–Crippen LogP) is 1.79. The van der Waals surface area contributed by atoms with Gasteiger partial charge < -0.3 is 16.0 Å². The molecule has 0 aliphatic heterocycles. The number of nitrogens with two attached hydrogens (primary N) is 1. The molecule has 1 aromatic rings. The second kappa shape index (κ2) is 5.42. The lowest BCUT2D eigenvalue weighted by Crippen LogP contribution is -2.38. The molecule has 1 heterocycles. The minimum Gasteiger partial charge on any atom is -0.382 e. The molecule has 0 bridgehead atoms. The molecule has 1 rings (SSSR count). The third-order valence-electron chi connectivity index (χ3n) is 2.10. The first-order chi connectivity index (χ1) is 8.28. The van der Waals surface area contributed by atoms with Gasteiger partial charge in [0.25, 0.3) is 5.91 Å². The lowest BCUT2D eigenvalue weighted by molar-refractivity contribution is -0.140. The number of amides is 1. The molecule has 5 nitrogen and oxygen atoms in total. The number of nitrogen functional groups attached to an aromatic ring is 1. The number of anilines is 2. The van der Waals surface area contributed by atoms with Gasteiger partial charge in [-0.05, 0) is 6.92 Å². The maximum atomic E-state index is 12.3. The van der Waals surface area contributed by atoms with Crippen LogP contribution >= 0.6 is 11.3 Å². The monoisotopic (exact) mass is 282 g/mol. The molecule has 1 aromatic heterocycles. The third-order valence-corrected chi connectivity index (χ3v) is 3.18. The molecule has 18 heavy (non-hydrogen) atoms. The summed E-state index contributed by atoms with van der Waals surface area (Å²) in [5, 5.41) is 3.07. The number of nitrogens with zero attached hydrogens (tertiary/aromatic N) is 2. The van der Waals surface area contributed by atoms with Crippen molar-refractivity contribution in [3.63, 3.8) is 0 Å². The average Bonchev–Trinajstić information content (AvgIpc) is 2.65. The van der Waals surface area contributed by atoms with Crippen LogP contribution in [0.15, 0.2) is 0 Å². The number of carbonyl (C=O) groups excluding carboxylic acids is 1. The van der Waals surface area contributed by atoms with Crippen LogP contribution in [0.4, 0.5) is 24.1 Å². The first-order valence-electron chi connectivity index (χ1n) is 5.08. The van der Waals surface area contributed by atoms with E-state index in [4.69, 9.17) is 5.73 Å². The zero-order valence-corrected chi connectivity index (χ0v) is 10.7. The van der Waals surface area contributed by atoms with Crippen LogP contribution in [0.25, 0.3) is 0 Å². The van der Waals surface area contributed by atoms with Gasteiger partial charge in [-0.2, -0.15) is 13.2 Å². The van der Waals surface area contributed by atoms with E-state index >= 15 is 0 Å². The van der Waals surface area contributed by atoms with Crippen LogP contribution in [-0.2, 0) is 0 Å². The van der Waals surface area contributed by atoms with Gasteiger partial charge in [-0.15, -0.1) is 0 Å². The normalized spacial score (nSPS) is 11.4. The zero-order valence-electron chi connectivity index (χ0n) is 9.84. The molecule has 0 radical (unpaired) electrons. The van der Waals surface area contributed by atoms with Crippen LogP contribution in [0.3, 0.4) is 0 Å². The fourth-order valence-corrected chi connectivity index (χ4v) is 2.09. The molecule has 9 heteroatoms. The van der Waals surface area contributed by atoms with Crippen molar-refractivity contribution in [3.8, 4) is 0 Å². The van der Waals surface area contributed by atoms with Crippen molar-refractivity contribution in [2.45, 2.75) is 13.1 Å². The molecule has 0 saturated carbocycles. The van der Waals surface area contributed by atoms with Gasteiger partial charge in [0.1, 0.15) is 17.2 Å². The summed E-state index contributed by atoms with van der Waals surface area (Å²) < 4.78 is 36.9. The molecule has 0 saturated heterocycles. The van der Waals surface area contributed by atoms with Crippen LogP contribution in [0.1, 0.15) is 16.6 Å². The van der Waals surface area contributed by atoms with Crippen molar-refractivity contribution in [3.05, 3.63) is 4.88 Å². The molecule has 102 valence electrons. The Balaban J connectivity index is 2.93. The van der Waals surface area contributed by atoms with E-state index in [0.29, 0.717) is 10.0 Å². The minimum atomic E-state index is -4.43. The smallest absolute Gasteiger partial charge is 0.382 e. The van der Waals surface area contributed by atoms with Gasteiger partial charge in [-0.1, -0.05) is 11.3 Å². The highest BCUT2D eigenvalue weighted by atomic mass is 32.1. The number of aromatic nitrogens is 1. The summed E-state index contributed by atoms with van der Waals surface area (Å²) in [5.74, 6) is -0.818. The van der Waals surface area contributed by atoms with E-state index in [1.807, 2.05) is 0 Å². The van der Waals surface area contributed by atoms with Gasteiger partial charge in [0.2, 0.25) is 0 Å². The number of thiazole rings is 1. The number of alkyl halides is 3. The Bertz CT molecular complexity index is 432. The number of hydrogen-bond donors (Lipinski definition) is 2. The Kier molecular flexibility index (Phi) is 4.38. The highest BCUT2D eigenvalue weighted by molar-refractivity contribution is 7.18. The first kappa shape index (κ1) is 14.6. The van der Waals surface area contributed by atoms with Crippen molar-refractivity contribution in [1.82, 2.24) is 9.88 Å². The summed E-state index contributed by atoms with van der Waals surface area (Å²) in [7, 11) is 1.58. The zero-order chi connectivity index (χ0) is 13.9. The molecule has 1 amide bonds. The maximum Gasteiger partial charge on any atom is 0.406 e. The quantitative estimate of drug-likeness (QED) is 0.883. The molecule has 3 N–H and O–H groups in total. The molecule has 0 spiro atoms. The topological polar surface area (TPSA) is 71.2 Å². The molecule has 0 unspecified atom stereocenters. The number of nitrogens with one attached hydrogen (secondary N) is 1. The van der Waals surface area contributed by atoms with Gasteiger partial charge in [-0.3, -0.25) is 4.79 Å². The first-order valence-corrected chi connectivity index (χ1v) is 5.90. The summed E-state index contributed by atoms with van der Waals surface area (Å²) >= 11 is 0.932. The van der Waals surface area contributed by atoms with Crippen molar-refractivity contribution < 1.29 is 18.0 Å². The van der Waals surface area contributed by atoms with E-state index in [2.05, 4.69) is 10.3 Å². The summed E-state index contributed by atoms with van der Waals surface area (Å²) in [5.41, 5.74) is 5.50. The summed E-state index contributed by atoms with van der Waals surface area (Å²) in [6, 6.07) is 0. The molecular weight excluding hydrogens is 269 g/mol. The number of halogens is 3. The number of hydrogen-bond acceptors (Lipinski definition) is 5. The van der Waals surface area contributed by atoms with E-state index in [-0.39, 0.29) is 17.2 Å². The largest absolute Gasteiger partial charge is 0.406 e. The fourth-order valence-electron chi connectivity index (χ4n) is 1.28. The third kappa shape index (κ3) is 3.49. The predicted molar refractivity (Wildman–Crippen MR) is 63.7 cm³/mol. The number of rotatable bonds is 4. The Morgan fingerprint density at radius 2 is 2.17 bits per heavy atom. The van der Waals surface area contributed by atoms with Gasteiger partial charge in [0.15, 0.2) is 5.13 Å². The minimum absolute atomic E-state index is 0.0189. The summed E-state index contributed by atoms with van der Waals surface area (Å²) in [4.78, 5) is 16.4. The second-order valence-corrected chi connectivity index (χ2v) is 4.42. The Hall–Kier alpha value is -1.51. The lowest BCUT2D eigenvalue weighted by Gasteiger charge is -2.21. The molecule has 0 atom stereocenters. The van der Waals surface area contributed by atoms with E-state index in [9.17, 15) is 18.0 Å². The lowest BCUT2D eigenvalue weighted by atomic mass is 10.4. The molecular formula is C9H13F3N4OS. The summed E-state index contributed by atoms with van der Waals surface area (Å²) in [6.07, 6.45) is -4.43. The molecule has 0 fully saturated rings. The SMILES string of the molecule is CCN(CC(F)(F)F)C(=O)c1sc(NC)nc1N. The van der Waals surface area contributed by atoms with Crippen LogP contribution < -0.4 is 11.1 Å². The van der Waals surface area contributed by atoms with Gasteiger partial charge >= 0.3 is 6.18 Å². The fraction of sp³-hybridized carbons (Fsp3) is 0.556. The van der Waals surface area contributed by atoms with E-state index in [1.165, 1.54) is 6.92 Å². The molecule has 0 aliphatic rings. The Morgan fingerprint density at radius 1 is 1.56 bits per heavy atom.